The van der Waals surface area contributed by atoms with E-state index in [1.54, 1.807) is 12.1 Å². The van der Waals surface area contributed by atoms with Gasteiger partial charge in [0.2, 0.25) is 0 Å². The summed E-state index contributed by atoms with van der Waals surface area (Å²) in [5.41, 5.74) is 4.84. The molecule has 0 atom stereocenters. The van der Waals surface area contributed by atoms with E-state index in [4.69, 9.17) is 0 Å². The topological polar surface area (TPSA) is 40.5 Å². The first-order valence-corrected chi connectivity index (χ1v) is 9.12. The summed E-state index contributed by atoms with van der Waals surface area (Å²) >= 11 is 0. The number of rotatable bonds is 2. The Bertz CT molecular complexity index is 757. The minimum absolute atomic E-state index is 0.0392. The van der Waals surface area contributed by atoms with Gasteiger partial charge in [0, 0.05) is 5.56 Å². The Kier molecular flexibility index (Phi) is 4.96. The van der Waals surface area contributed by atoms with Crippen LogP contribution in [-0.2, 0) is 18.3 Å². The van der Waals surface area contributed by atoms with Crippen molar-refractivity contribution < 1.29 is 10.0 Å². The third-order valence-electron chi connectivity index (χ3n) is 5.02. The second-order valence-electron chi connectivity index (χ2n) is 7.96. The van der Waals surface area contributed by atoms with E-state index < -0.39 is 5.91 Å². The maximum absolute atomic E-state index is 12.6. The Labute approximate surface area is 150 Å². The predicted molar refractivity (Wildman–Crippen MR) is 101 cm³/mol. The molecule has 132 valence electrons. The molecule has 0 bridgehead atoms. The molecule has 0 aliphatic heterocycles. The normalized spacial score (nSPS) is 14.6. The number of benzene rings is 2. The summed E-state index contributed by atoms with van der Waals surface area (Å²) in [6.07, 6.45) is 5.74. The van der Waals surface area contributed by atoms with Gasteiger partial charge in [-0.15, -0.1) is 0 Å². The molecule has 0 radical (unpaired) electrons. The number of aryl methyl sites for hydroxylation is 2. The molecule has 0 fully saturated rings. The molecule has 3 heteroatoms. The lowest BCUT2D eigenvalue weighted by molar-refractivity contribution is 0.0854. The van der Waals surface area contributed by atoms with Crippen molar-refractivity contribution >= 4 is 11.6 Å². The molecule has 2 aromatic rings. The van der Waals surface area contributed by atoms with Gasteiger partial charge in [0.25, 0.3) is 5.91 Å². The maximum atomic E-state index is 12.6. The van der Waals surface area contributed by atoms with Gasteiger partial charge in [-0.1, -0.05) is 45.4 Å². The molecule has 0 unspecified atom stereocenters. The van der Waals surface area contributed by atoms with Crippen LogP contribution in [0, 0.1) is 0 Å². The molecule has 0 spiro atoms. The highest BCUT2D eigenvalue weighted by Crippen LogP contribution is 2.27. The molecule has 0 saturated carbocycles. The molecule has 3 nitrogen and oxygen atoms in total. The van der Waals surface area contributed by atoms with Crippen molar-refractivity contribution in [3.63, 3.8) is 0 Å². The molecule has 25 heavy (non-hydrogen) atoms. The summed E-state index contributed by atoms with van der Waals surface area (Å²) in [4.78, 5) is 12.6. The molecule has 1 aliphatic rings. The van der Waals surface area contributed by atoms with E-state index in [2.05, 4.69) is 26.8 Å². The molecule has 0 aromatic heterocycles. The van der Waals surface area contributed by atoms with Gasteiger partial charge in [-0.3, -0.25) is 10.0 Å². The second kappa shape index (κ2) is 7.01. The number of fused-ring (bicyclic) bond motifs is 1. The highest BCUT2D eigenvalue weighted by molar-refractivity contribution is 6.04. The molecular weight excluding hydrogens is 310 g/mol. The highest BCUT2D eigenvalue weighted by atomic mass is 16.5. The van der Waals surface area contributed by atoms with E-state index in [9.17, 15) is 10.0 Å². The number of carbonyl (C=O) groups is 1. The zero-order valence-corrected chi connectivity index (χ0v) is 15.4. The fourth-order valence-electron chi connectivity index (χ4n) is 3.38. The fraction of sp³-hybridized carbons (Fsp3) is 0.409. The number of carbonyl (C=O) groups excluding carboxylic acids is 1. The lowest BCUT2D eigenvalue weighted by atomic mass is 9.86. The smallest absolute Gasteiger partial charge is 0.281 e. The van der Waals surface area contributed by atoms with Gasteiger partial charge in [0.05, 0.1) is 5.69 Å². The van der Waals surface area contributed by atoms with Crippen LogP contribution in [0.15, 0.2) is 42.5 Å². The Morgan fingerprint density at radius 1 is 0.920 bits per heavy atom. The van der Waals surface area contributed by atoms with Crippen molar-refractivity contribution in [2.45, 2.75) is 58.3 Å². The zero-order chi connectivity index (χ0) is 18.0. The van der Waals surface area contributed by atoms with Crippen molar-refractivity contribution in [1.82, 2.24) is 0 Å². The predicted octanol–water partition coefficient (Wildman–Crippen LogP) is 5.29. The number of nitrogens with zero attached hydrogens (tertiary/aromatic N) is 1. The molecule has 2 aromatic carbocycles. The fourth-order valence-corrected chi connectivity index (χ4v) is 3.38. The van der Waals surface area contributed by atoms with Crippen LogP contribution in [0.4, 0.5) is 5.69 Å². The quantitative estimate of drug-likeness (QED) is 0.459. The molecule has 3 rings (SSSR count). The van der Waals surface area contributed by atoms with Gasteiger partial charge < -0.3 is 0 Å². The summed E-state index contributed by atoms with van der Waals surface area (Å²) in [6, 6.07) is 13.3. The first-order valence-electron chi connectivity index (χ1n) is 9.12. The lowest BCUT2D eigenvalue weighted by Crippen LogP contribution is -2.27. The van der Waals surface area contributed by atoms with Crippen LogP contribution >= 0.6 is 0 Å². The van der Waals surface area contributed by atoms with Gasteiger partial charge in [-0.25, -0.2) is 0 Å². The average molecular weight is 337 g/mol. The van der Waals surface area contributed by atoms with Crippen LogP contribution in [0.3, 0.4) is 0 Å². The van der Waals surface area contributed by atoms with Gasteiger partial charge >= 0.3 is 0 Å². The number of hydrogen-bond donors (Lipinski definition) is 1. The third-order valence-corrected chi connectivity index (χ3v) is 5.02. The summed E-state index contributed by atoms with van der Waals surface area (Å²) in [7, 11) is 0. The summed E-state index contributed by atoms with van der Waals surface area (Å²) < 4.78 is 0. The number of hydrogen-bond acceptors (Lipinski definition) is 2. The SMILES string of the molecule is CC(C)(C)c1ccc(C(=O)N(O)c2ccc3c(c2)CCCCC3)cc1. The van der Waals surface area contributed by atoms with E-state index in [0.717, 1.165) is 17.9 Å². The number of anilines is 1. The van der Waals surface area contributed by atoms with Crippen molar-refractivity contribution in [3.05, 3.63) is 64.7 Å². The van der Waals surface area contributed by atoms with Crippen molar-refractivity contribution in [2.75, 3.05) is 5.06 Å². The van der Waals surface area contributed by atoms with E-state index in [-0.39, 0.29) is 5.41 Å². The zero-order valence-electron chi connectivity index (χ0n) is 15.4. The number of hydroxylamine groups is 1. The molecule has 1 aliphatic carbocycles. The molecule has 1 amide bonds. The van der Waals surface area contributed by atoms with E-state index >= 15 is 0 Å². The highest BCUT2D eigenvalue weighted by Gasteiger charge is 2.19. The van der Waals surface area contributed by atoms with Crippen molar-refractivity contribution in [1.29, 1.82) is 0 Å². The summed E-state index contributed by atoms with van der Waals surface area (Å²) in [5, 5.41) is 11.2. The Hall–Kier alpha value is -2.13. The van der Waals surface area contributed by atoms with E-state index in [0.29, 0.717) is 11.3 Å². The summed E-state index contributed by atoms with van der Waals surface area (Å²) in [5.74, 6) is -0.394. The van der Waals surface area contributed by atoms with Gasteiger partial charge in [-0.05, 0) is 72.1 Å². The Morgan fingerprint density at radius 2 is 1.56 bits per heavy atom. The second-order valence-corrected chi connectivity index (χ2v) is 7.96. The van der Waals surface area contributed by atoms with Gasteiger partial charge in [-0.2, -0.15) is 5.06 Å². The Morgan fingerprint density at radius 3 is 2.20 bits per heavy atom. The van der Waals surface area contributed by atoms with E-state index in [1.165, 1.54) is 36.0 Å². The minimum Gasteiger partial charge on any atom is -0.281 e. The van der Waals surface area contributed by atoms with Crippen LogP contribution in [-0.4, -0.2) is 11.1 Å². The largest absolute Gasteiger partial charge is 0.281 e. The standard InChI is InChI=1S/C22H27NO2/c1-22(2,3)19-12-9-17(10-13-19)21(24)23(25)20-14-11-16-7-5-4-6-8-18(16)15-20/h9-15,25H,4-8H2,1-3H3. The minimum atomic E-state index is -0.394. The van der Waals surface area contributed by atoms with Crippen LogP contribution in [0.1, 0.15) is 67.1 Å². The molecule has 0 saturated heterocycles. The lowest BCUT2D eigenvalue weighted by Gasteiger charge is -2.20. The van der Waals surface area contributed by atoms with E-state index in [1.807, 2.05) is 24.3 Å². The average Bonchev–Trinajstić information content (AvgIpc) is 2.84. The molecule has 0 heterocycles. The number of amides is 1. The monoisotopic (exact) mass is 337 g/mol. The van der Waals surface area contributed by atoms with Crippen molar-refractivity contribution in [3.8, 4) is 0 Å². The van der Waals surface area contributed by atoms with Gasteiger partial charge in [0.1, 0.15) is 0 Å². The third kappa shape index (κ3) is 3.93. The van der Waals surface area contributed by atoms with Crippen molar-refractivity contribution in [2.24, 2.45) is 0 Å². The molecule has 1 N–H and O–H groups in total. The van der Waals surface area contributed by atoms with Crippen LogP contribution in [0.2, 0.25) is 0 Å². The first kappa shape index (κ1) is 17.7. The maximum Gasteiger partial charge on any atom is 0.281 e. The van der Waals surface area contributed by atoms with Gasteiger partial charge in [0.15, 0.2) is 0 Å². The van der Waals surface area contributed by atoms with Crippen LogP contribution in [0.25, 0.3) is 0 Å². The molecular formula is C22H27NO2. The van der Waals surface area contributed by atoms with Crippen LogP contribution < -0.4 is 5.06 Å². The first-order chi connectivity index (χ1) is 11.9. The summed E-state index contributed by atoms with van der Waals surface area (Å²) in [6.45, 7) is 6.41. The Balaban J connectivity index is 1.81. The van der Waals surface area contributed by atoms with Crippen LogP contribution in [0.5, 0.6) is 0 Å².